The van der Waals surface area contributed by atoms with Gasteiger partial charge in [-0.05, 0) is 12.1 Å². The van der Waals surface area contributed by atoms with E-state index in [-0.39, 0.29) is 0 Å². The van der Waals surface area contributed by atoms with E-state index >= 15 is 0 Å². The molecule has 0 aliphatic carbocycles. The largest absolute Gasteiger partial charge is 0.398 e. The van der Waals surface area contributed by atoms with E-state index in [9.17, 15) is 0 Å². The summed E-state index contributed by atoms with van der Waals surface area (Å²) in [4.78, 5) is 4.21. The number of nitrogen functional groups attached to an aromatic ring is 1. The predicted octanol–water partition coefficient (Wildman–Crippen LogP) is 1.35. The number of aryl methyl sites for hydroxylation is 1. The first kappa shape index (κ1) is 8.57. The first-order chi connectivity index (χ1) is 6.76. The Balaban J connectivity index is 2.84. The van der Waals surface area contributed by atoms with Gasteiger partial charge in [-0.25, -0.2) is 4.98 Å². The van der Waals surface area contributed by atoms with Gasteiger partial charge in [-0.1, -0.05) is 6.92 Å². The monoisotopic (exact) mass is 186 g/mol. The molecule has 0 amide bonds. The van der Waals surface area contributed by atoms with Crippen LogP contribution >= 0.6 is 0 Å². The zero-order valence-electron chi connectivity index (χ0n) is 7.86. The molecule has 70 valence electrons. The van der Waals surface area contributed by atoms with Crippen LogP contribution in [0.2, 0.25) is 0 Å². The Kier molecular flexibility index (Phi) is 1.86. The minimum absolute atomic E-state index is 0.460. The second-order valence-corrected chi connectivity index (χ2v) is 3.06. The average molecular weight is 186 g/mol. The molecular weight excluding hydrogens is 176 g/mol. The molecule has 14 heavy (non-hydrogen) atoms. The minimum atomic E-state index is 0.460. The average Bonchev–Trinajstić information content (AvgIpc) is 2.55. The van der Waals surface area contributed by atoms with Crippen molar-refractivity contribution in [2.24, 2.45) is 0 Å². The topological polar surface area (TPSA) is 67.1 Å². The van der Waals surface area contributed by atoms with Crippen LogP contribution in [0.5, 0.6) is 0 Å². The zero-order chi connectivity index (χ0) is 10.1. The Morgan fingerprint density at radius 3 is 3.00 bits per heavy atom. The van der Waals surface area contributed by atoms with Crippen molar-refractivity contribution in [1.82, 2.24) is 9.38 Å². The smallest absolute Gasteiger partial charge is 0.166 e. The van der Waals surface area contributed by atoms with Gasteiger partial charge in [0.2, 0.25) is 0 Å². The Morgan fingerprint density at radius 2 is 2.36 bits per heavy atom. The molecule has 2 aromatic heterocycles. The lowest BCUT2D eigenvalue weighted by atomic mass is 10.3. The highest BCUT2D eigenvalue weighted by Gasteiger charge is 2.08. The number of rotatable bonds is 1. The fourth-order valence-corrected chi connectivity index (χ4v) is 1.50. The van der Waals surface area contributed by atoms with Crippen molar-refractivity contribution in [3.63, 3.8) is 0 Å². The van der Waals surface area contributed by atoms with E-state index in [1.165, 1.54) is 0 Å². The van der Waals surface area contributed by atoms with E-state index in [0.29, 0.717) is 11.4 Å². The van der Waals surface area contributed by atoms with Crippen LogP contribution in [0.3, 0.4) is 0 Å². The summed E-state index contributed by atoms with van der Waals surface area (Å²) in [5.74, 6) is 0.865. The van der Waals surface area contributed by atoms with E-state index in [2.05, 4.69) is 11.1 Å². The molecule has 4 heteroatoms. The van der Waals surface area contributed by atoms with Gasteiger partial charge in [0.1, 0.15) is 11.9 Å². The molecule has 0 aromatic carbocycles. The first-order valence-corrected chi connectivity index (χ1v) is 4.42. The molecule has 2 rings (SSSR count). The van der Waals surface area contributed by atoms with Crippen molar-refractivity contribution in [3.8, 4) is 6.07 Å². The number of fused-ring (bicyclic) bond motifs is 1. The van der Waals surface area contributed by atoms with Crippen LogP contribution in [0, 0.1) is 11.3 Å². The second-order valence-electron chi connectivity index (χ2n) is 3.06. The molecule has 2 aromatic rings. The fourth-order valence-electron chi connectivity index (χ4n) is 1.50. The molecule has 0 saturated carbocycles. The quantitative estimate of drug-likeness (QED) is 0.731. The highest BCUT2D eigenvalue weighted by atomic mass is 15.0. The highest BCUT2D eigenvalue weighted by Crippen LogP contribution is 2.15. The van der Waals surface area contributed by atoms with Gasteiger partial charge in [0.25, 0.3) is 0 Å². The molecule has 0 aliphatic rings. The maximum Gasteiger partial charge on any atom is 0.166 e. The summed E-state index contributed by atoms with van der Waals surface area (Å²) in [5, 5.41) is 8.86. The van der Waals surface area contributed by atoms with Crippen LogP contribution in [0.15, 0.2) is 18.3 Å². The van der Waals surface area contributed by atoms with Gasteiger partial charge in [0.15, 0.2) is 5.69 Å². The van der Waals surface area contributed by atoms with Crippen LogP contribution in [0.4, 0.5) is 5.69 Å². The number of pyridine rings is 1. The molecule has 4 nitrogen and oxygen atoms in total. The fraction of sp³-hybridized carbons (Fsp3) is 0.200. The third-order valence-corrected chi connectivity index (χ3v) is 2.16. The van der Waals surface area contributed by atoms with Gasteiger partial charge in [-0.3, -0.25) is 0 Å². The lowest BCUT2D eigenvalue weighted by Crippen LogP contribution is -1.94. The number of nitrogens with zero attached hydrogens (tertiary/aromatic N) is 3. The standard InChI is InChI=1S/C10H10N4/c1-2-10-13-8(5-11)9-4-3-7(12)6-14(9)10/h3-4,6H,2,12H2,1H3. The highest BCUT2D eigenvalue weighted by molar-refractivity contribution is 5.61. The summed E-state index contributed by atoms with van der Waals surface area (Å²) in [7, 11) is 0. The van der Waals surface area contributed by atoms with Crippen molar-refractivity contribution < 1.29 is 0 Å². The van der Waals surface area contributed by atoms with Crippen LogP contribution < -0.4 is 5.73 Å². The molecule has 0 unspecified atom stereocenters. The summed E-state index contributed by atoms with van der Waals surface area (Å²) in [6.07, 6.45) is 2.58. The number of hydrogen-bond acceptors (Lipinski definition) is 3. The first-order valence-electron chi connectivity index (χ1n) is 4.42. The molecule has 2 heterocycles. The number of imidazole rings is 1. The Morgan fingerprint density at radius 1 is 1.57 bits per heavy atom. The van der Waals surface area contributed by atoms with Gasteiger partial charge in [-0.2, -0.15) is 5.26 Å². The lowest BCUT2D eigenvalue weighted by Gasteiger charge is -1.98. The van der Waals surface area contributed by atoms with Gasteiger partial charge < -0.3 is 10.1 Å². The minimum Gasteiger partial charge on any atom is -0.398 e. The third kappa shape index (κ3) is 1.11. The Bertz CT molecular complexity index is 519. The number of nitriles is 1. The van der Waals surface area contributed by atoms with Crippen LogP contribution in [-0.2, 0) is 6.42 Å². The summed E-state index contributed by atoms with van der Waals surface area (Å²) >= 11 is 0. The molecule has 0 radical (unpaired) electrons. The summed E-state index contributed by atoms with van der Waals surface area (Å²) in [6.45, 7) is 2.00. The number of nitrogens with two attached hydrogens (primary N) is 1. The number of anilines is 1. The van der Waals surface area contributed by atoms with Crippen molar-refractivity contribution in [1.29, 1.82) is 5.26 Å². The summed E-state index contributed by atoms with van der Waals surface area (Å²) in [6, 6.07) is 5.67. The molecule has 0 spiro atoms. The van der Waals surface area contributed by atoms with Gasteiger partial charge in [-0.15, -0.1) is 0 Å². The van der Waals surface area contributed by atoms with Gasteiger partial charge >= 0.3 is 0 Å². The van der Waals surface area contributed by atoms with Crippen LogP contribution in [0.25, 0.3) is 5.52 Å². The van der Waals surface area contributed by atoms with E-state index < -0.39 is 0 Å². The number of hydrogen-bond donors (Lipinski definition) is 1. The molecule has 0 bridgehead atoms. The molecular formula is C10H10N4. The molecule has 0 aliphatic heterocycles. The van der Waals surface area contributed by atoms with E-state index in [1.54, 1.807) is 12.3 Å². The Hall–Kier alpha value is -2.02. The SMILES string of the molecule is CCc1nc(C#N)c2ccc(N)cn12. The normalized spacial score (nSPS) is 10.3. The van der Waals surface area contributed by atoms with E-state index in [4.69, 9.17) is 11.0 Å². The van der Waals surface area contributed by atoms with E-state index in [1.807, 2.05) is 17.4 Å². The summed E-state index contributed by atoms with van der Waals surface area (Å²) in [5.41, 5.74) is 7.62. The Labute approximate surface area is 81.6 Å². The maximum atomic E-state index is 8.86. The van der Waals surface area contributed by atoms with E-state index in [0.717, 1.165) is 17.8 Å². The van der Waals surface area contributed by atoms with Crippen molar-refractivity contribution in [2.75, 3.05) is 5.73 Å². The van der Waals surface area contributed by atoms with Gasteiger partial charge in [0, 0.05) is 18.3 Å². The van der Waals surface area contributed by atoms with Crippen molar-refractivity contribution >= 4 is 11.2 Å². The van der Waals surface area contributed by atoms with Gasteiger partial charge in [0.05, 0.1) is 5.52 Å². The number of aromatic nitrogens is 2. The second kappa shape index (κ2) is 3.04. The maximum absolute atomic E-state index is 8.86. The van der Waals surface area contributed by atoms with Crippen molar-refractivity contribution in [2.45, 2.75) is 13.3 Å². The summed E-state index contributed by atoms with van der Waals surface area (Å²) < 4.78 is 1.87. The molecule has 0 saturated heterocycles. The van der Waals surface area contributed by atoms with Crippen molar-refractivity contribution in [3.05, 3.63) is 29.8 Å². The molecule has 0 atom stereocenters. The predicted molar refractivity (Wildman–Crippen MR) is 53.7 cm³/mol. The van der Waals surface area contributed by atoms with Crippen LogP contribution in [-0.4, -0.2) is 9.38 Å². The molecule has 0 fully saturated rings. The lowest BCUT2D eigenvalue weighted by molar-refractivity contribution is 0.933. The third-order valence-electron chi connectivity index (χ3n) is 2.16. The van der Waals surface area contributed by atoms with Crippen LogP contribution in [0.1, 0.15) is 18.4 Å². The zero-order valence-corrected chi connectivity index (χ0v) is 7.86. The molecule has 2 N–H and O–H groups in total.